The lowest BCUT2D eigenvalue weighted by atomic mass is 10.1. The summed E-state index contributed by atoms with van der Waals surface area (Å²) in [5.41, 5.74) is 8.25. The van der Waals surface area contributed by atoms with Gasteiger partial charge in [0.25, 0.3) is 0 Å². The van der Waals surface area contributed by atoms with Crippen LogP contribution in [-0.2, 0) is 4.84 Å². The molecule has 4 heteroatoms. The zero-order chi connectivity index (χ0) is 10.8. The van der Waals surface area contributed by atoms with Crippen molar-refractivity contribution in [3.63, 3.8) is 0 Å². The number of benzene rings is 1. The fourth-order valence-electron chi connectivity index (χ4n) is 1.58. The van der Waals surface area contributed by atoms with Crippen LogP contribution >= 0.6 is 0 Å². The minimum absolute atomic E-state index is 0.609. The number of hydrogen-bond donors (Lipinski definition) is 1. The monoisotopic (exact) mass is 203 g/mol. The SMILES string of the molecule is CON(C)c1c(N)cnc2ccccc12. The fraction of sp³-hybridized carbons (Fsp3) is 0.182. The molecule has 0 saturated heterocycles. The molecule has 0 aliphatic carbocycles. The topological polar surface area (TPSA) is 51.4 Å². The lowest BCUT2D eigenvalue weighted by molar-refractivity contribution is 0.186. The molecule has 4 nitrogen and oxygen atoms in total. The van der Waals surface area contributed by atoms with Crippen molar-refractivity contribution in [2.75, 3.05) is 25.0 Å². The van der Waals surface area contributed by atoms with Gasteiger partial charge in [0.1, 0.15) is 0 Å². The molecule has 0 saturated carbocycles. The molecule has 0 bridgehead atoms. The number of hydrogen-bond acceptors (Lipinski definition) is 4. The molecule has 1 aromatic heterocycles. The lowest BCUT2D eigenvalue weighted by Crippen LogP contribution is -2.17. The van der Waals surface area contributed by atoms with E-state index in [4.69, 9.17) is 10.6 Å². The summed E-state index contributed by atoms with van der Waals surface area (Å²) in [5.74, 6) is 0. The summed E-state index contributed by atoms with van der Waals surface area (Å²) in [7, 11) is 3.42. The molecule has 1 heterocycles. The van der Waals surface area contributed by atoms with Crippen molar-refractivity contribution in [3.8, 4) is 0 Å². The van der Waals surface area contributed by atoms with E-state index >= 15 is 0 Å². The zero-order valence-electron chi connectivity index (χ0n) is 8.77. The van der Waals surface area contributed by atoms with E-state index in [0.717, 1.165) is 16.6 Å². The summed E-state index contributed by atoms with van der Waals surface area (Å²) in [6.45, 7) is 0. The van der Waals surface area contributed by atoms with Gasteiger partial charge in [-0.25, -0.2) is 0 Å². The molecule has 15 heavy (non-hydrogen) atoms. The maximum Gasteiger partial charge on any atom is 0.0972 e. The standard InChI is InChI=1S/C11H13N3O/c1-14(15-2)11-8-5-3-4-6-10(8)13-7-9(11)12/h3-7H,12H2,1-2H3. The van der Waals surface area contributed by atoms with Gasteiger partial charge >= 0.3 is 0 Å². The Kier molecular flexibility index (Phi) is 2.43. The third-order valence-electron chi connectivity index (χ3n) is 2.36. The molecular weight excluding hydrogens is 190 g/mol. The molecule has 0 spiro atoms. The van der Waals surface area contributed by atoms with E-state index in [1.807, 2.05) is 31.3 Å². The van der Waals surface area contributed by atoms with Crippen LogP contribution in [0.1, 0.15) is 0 Å². The molecule has 0 fully saturated rings. The molecule has 2 aromatic rings. The number of anilines is 2. The van der Waals surface area contributed by atoms with Crippen LogP contribution in [0.4, 0.5) is 11.4 Å². The Balaban J connectivity index is 2.74. The Morgan fingerprint density at radius 2 is 2.07 bits per heavy atom. The average Bonchev–Trinajstić information content (AvgIpc) is 2.28. The van der Waals surface area contributed by atoms with E-state index in [9.17, 15) is 0 Å². The number of fused-ring (bicyclic) bond motifs is 1. The second-order valence-corrected chi connectivity index (χ2v) is 3.26. The third kappa shape index (κ3) is 1.59. The molecule has 2 N–H and O–H groups in total. The number of pyridine rings is 1. The van der Waals surface area contributed by atoms with E-state index < -0.39 is 0 Å². The van der Waals surface area contributed by atoms with Gasteiger partial charge in [0.2, 0.25) is 0 Å². The van der Waals surface area contributed by atoms with Crippen LogP contribution in [0.5, 0.6) is 0 Å². The average molecular weight is 203 g/mol. The Hall–Kier alpha value is -1.81. The van der Waals surface area contributed by atoms with Gasteiger partial charge in [-0.1, -0.05) is 18.2 Å². The van der Waals surface area contributed by atoms with Gasteiger partial charge in [-0.2, -0.15) is 0 Å². The van der Waals surface area contributed by atoms with Crippen molar-refractivity contribution in [2.24, 2.45) is 0 Å². The summed E-state index contributed by atoms with van der Waals surface area (Å²) < 4.78 is 0. The number of rotatable bonds is 2. The van der Waals surface area contributed by atoms with Gasteiger partial charge in [-0.15, -0.1) is 0 Å². The van der Waals surface area contributed by atoms with Gasteiger partial charge in [0.15, 0.2) is 0 Å². The normalized spacial score (nSPS) is 10.5. The summed E-state index contributed by atoms with van der Waals surface area (Å²) >= 11 is 0. The van der Waals surface area contributed by atoms with Crippen LogP contribution < -0.4 is 10.8 Å². The van der Waals surface area contributed by atoms with Gasteiger partial charge in [-0.05, 0) is 6.07 Å². The Bertz CT molecular complexity index is 484. The van der Waals surface area contributed by atoms with Crippen molar-refractivity contribution in [3.05, 3.63) is 30.5 Å². The third-order valence-corrected chi connectivity index (χ3v) is 2.36. The Labute approximate surface area is 88.2 Å². The number of nitrogen functional groups attached to an aromatic ring is 1. The van der Waals surface area contributed by atoms with Crippen LogP contribution in [0, 0.1) is 0 Å². The van der Waals surface area contributed by atoms with Crippen LogP contribution in [0.3, 0.4) is 0 Å². The van der Waals surface area contributed by atoms with Crippen LogP contribution in [0.15, 0.2) is 30.5 Å². The molecule has 2 rings (SSSR count). The number of aromatic nitrogens is 1. The second kappa shape index (κ2) is 3.74. The largest absolute Gasteiger partial charge is 0.396 e. The highest BCUT2D eigenvalue weighted by molar-refractivity contribution is 5.96. The molecule has 0 unspecified atom stereocenters. The number of hydroxylamine groups is 1. The first-order valence-corrected chi connectivity index (χ1v) is 4.65. The predicted octanol–water partition coefficient (Wildman–Crippen LogP) is 1.81. The predicted molar refractivity (Wildman–Crippen MR) is 61.6 cm³/mol. The van der Waals surface area contributed by atoms with Gasteiger partial charge in [-0.3, -0.25) is 14.9 Å². The molecule has 1 aromatic carbocycles. The lowest BCUT2D eigenvalue weighted by Gasteiger charge is -2.19. The first-order valence-electron chi connectivity index (χ1n) is 4.65. The van der Waals surface area contributed by atoms with Crippen LogP contribution in [0.25, 0.3) is 10.9 Å². The number of nitrogens with two attached hydrogens (primary N) is 1. The second-order valence-electron chi connectivity index (χ2n) is 3.26. The van der Waals surface area contributed by atoms with Crippen molar-refractivity contribution in [1.29, 1.82) is 0 Å². The van der Waals surface area contributed by atoms with Gasteiger partial charge < -0.3 is 5.73 Å². The van der Waals surface area contributed by atoms with Crippen molar-refractivity contribution in [1.82, 2.24) is 4.98 Å². The van der Waals surface area contributed by atoms with E-state index in [-0.39, 0.29) is 0 Å². The maximum absolute atomic E-state index is 5.88. The van der Waals surface area contributed by atoms with E-state index in [1.54, 1.807) is 18.4 Å². The molecule has 0 radical (unpaired) electrons. The molecule has 78 valence electrons. The fourth-order valence-corrected chi connectivity index (χ4v) is 1.58. The molecule has 0 atom stereocenters. The van der Waals surface area contributed by atoms with E-state index in [2.05, 4.69) is 4.98 Å². The van der Waals surface area contributed by atoms with E-state index in [0.29, 0.717) is 5.69 Å². The molecule has 0 aliphatic rings. The van der Waals surface area contributed by atoms with Crippen molar-refractivity contribution >= 4 is 22.3 Å². The van der Waals surface area contributed by atoms with Gasteiger partial charge in [0.05, 0.1) is 30.2 Å². The summed E-state index contributed by atoms with van der Waals surface area (Å²) in [4.78, 5) is 9.40. The quantitative estimate of drug-likeness (QED) is 0.756. The highest BCUT2D eigenvalue weighted by atomic mass is 16.7. The minimum Gasteiger partial charge on any atom is -0.396 e. The van der Waals surface area contributed by atoms with Crippen LogP contribution in [0.2, 0.25) is 0 Å². The first kappa shape index (κ1) is 9.73. The molecule has 0 amide bonds. The summed E-state index contributed by atoms with van der Waals surface area (Å²) in [5, 5.41) is 2.63. The first-order chi connectivity index (χ1) is 7.24. The van der Waals surface area contributed by atoms with Crippen molar-refractivity contribution in [2.45, 2.75) is 0 Å². The van der Waals surface area contributed by atoms with Crippen molar-refractivity contribution < 1.29 is 4.84 Å². The summed E-state index contributed by atoms with van der Waals surface area (Å²) in [6, 6.07) is 7.82. The maximum atomic E-state index is 5.88. The molecule has 0 aliphatic heterocycles. The van der Waals surface area contributed by atoms with Gasteiger partial charge in [0, 0.05) is 12.4 Å². The Morgan fingerprint density at radius 1 is 1.33 bits per heavy atom. The zero-order valence-corrected chi connectivity index (χ0v) is 8.77. The number of nitrogens with zero attached hydrogens (tertiary/aromatic N) is 2. The van der Waals surface area contributed by atoms with E-state index in [1.165, 1.54) is 0 Å². The smallest absolute Gasteiger partial charge is 0.0972 e. The minimum atomic E-state index is 0.609. The number of para-hydroxylation sites is 1. The van der Waals surface area contributed by atoms with Crippen LogP contribution in [-0.4, -0.2) is 19.1 Å². The highest BCUT2D eigenvalue weighted by Crippen LogP contribution is 2.30. The molecular formula is C11H13N3O. The Morgan fingerprint density at radius 3 is 2.80 bits per heavy atom. The highest BCUT2D eigenvalue weighted by Gasteiger charge is 2.09. The summed E-state index contributed by atoms with van der Waals surface area (Å²) in [6.07, 6.45) is 1.65.